The van der Waals surface area contributed by atoms with E-state index in [9.17, 15) is 30.0 Å². The van der Waals surface area contributed by atoms with Crippen LogP contribution in [0.3, 0.4) is 0 Å². The molecular formula is C42H52N2O11. The fourth-order valence-electron chi connectivity index (χ4n) is 5.52. The van der Waals surface area contributed by atoms with Crippen LogP contribution in [0.2, 0.25) is 0 Å². The predicted molar refractivity (Wildman–Crippen MR) is 205 cm³/mol. The van der Waals surface area contributed by atoms with Gasteiger partial charge in [-0.3, -0.25) is 0 Å². The molecule has 4 N–H and O–H groups in total. The van der Waals surface area contributed by atoms with Gasteiger partial charge in [-0.25, -0.2) is 19.6 Å². The summed E-state index contributed by atoms with van der Waals surface area (Å²) in [6.07, 6.45) is 22.2. The quantitative estimate of drug-likeness (QED) is 0.155. The molecule has 2 aromatic rings. The van der Waals surface area contributed by atoms with Crippen molar-refractivity contribution in [2.75, 3.05) is 0 Å². The summed E-state index contributed by atoms with van der Waals surface area (Å²) in [5.74, 6) is -1.22. The third kappa shape index (κ3) is 12.0. The molecule has 2 aromatic heterocycles. The largest absolute Gasteiger partial charge is 0.457 e. The van der Waals surface area contributed by atoms with Gasteiger partial charge in [0.2, 0.25) is 11.8 Å². The van der Waals surface area contributed by atoms with Crippen LogP contribution >= 0.6 is 0 Å². The average molecular weight is 761 g/mol. The number of carbonyl (C=O) groups is 2. The number of hydrogen-bond acceptors (Lipinski definition) is 13. The van der Waals surface area contributed by atoms with E-state index >= 15 is 0 Å². The standard InChI is InChI=1S/C42H52N2O11/c1-7-15-33(47)41(3,4)35-21-13-18-30(46)29(45)17-9-11-23-37-43-28(25-51-37)40(50)55-36(42(5,6)34(48)16-8-2)22-14-20-32-31(53-32)19-10-12-24-38-44-27(26-52-38)39(49)54-35/h7-20,23-26,29-36,45-48H,21-22H2,1-6H3/b15-7+,16-8+,17-9-,18-13-,19-10-,20-14-,23-11?,24-12?. The van der Waals surface area contributed by atoms with Crippen molar-refractivity contribution in [3.8, 4) is 0 Å². The summed E-state index contributed by atoms with van der Waals surface area (Å²) in [6.45, 7) is 10.7. The predicted octanol–water partition coefficient (Wildman–Crippen LogP) is 5.87. The Kier molecular flexibility index (Phi) is 15.3. The molecule has 2 aliphatic rings. The Morgan fingerprint density at radius 1 is 0.673 bits per heavy atom. The zero-order chi connectivity index (χ0) is 40.2. The van der Waals surface area contributed by atoms with Crippen LogP contribution in [0.1, 0.15) is 87.1 Å². The van der Waals surface area contributed by atoms with E-state index in [4.69, 9.17) is 23.0 Å². The molecule has 0 aromatic carbocycles. The van der Waals surface area contributed by atoms with E-state index in [1.807, 2.05) is 18.2 Å². The molecule has 4 rings (SSSR count). The Morgan fingerprint density at radius 3 is 1.60 bits per heavy atom. The number of esters is 2. The van der Waals surface area contributed by atoms with Crippen molar-refractivity contribution in [2.45, 2.75) is 103 Å². The lowest BCUT2D eigenvalue weighted by molar-refractivity contribution is -0.0462. The van der Waals surface area contributed by atoms with Crippen LogP contribution in [0.4, 0.5) is 0 Å². The molecule has 13 heteroatoms. The maximum absolute atomic E-state index is 13.2. The summed E-state index contributed by atoms with van der Waals surface area (Å²) in [6, 6.07) is 0. The van der Waals surface area contributed by atoms with E-state index < -0.39 is 59.4 Å². The van der Waals surface area contributed by atoms with Crippen molar-refractivity contribution >= 4 is 24.1 Å². The van der Waals surface area contributed by atoms with E-state index in [0.29, 0.717) is 0 Å². The monoisotopic (exact) mass is 760 g/mol. The highest BCUT2D eigenvalue weighted by Gasteiger charge is 2.40. The van der Waals surface area contributed by atoms with E-state index in [2.05, 4.69) is 9.97 Å². The number of ether oxygens (including phenoxy) is 3. The molecule has 1 fully saturated rings. The smallest absolute Gasteiger partial charge is 0.360 e. The second kappa shape index (κ2) is 19.6. The highest BCUT2D eigenvalue weighted by molar-refractivity contribution is 5.87. The first-order chi connectivity index (χ1) is 26.2. The number of aliphatic hydroxyl groups is 4. The molecule has 0 spiro atoms. The number of aromatic nitrogens is 2. The van der Waals surface area contributed by atoms with Crippen LogP contribution < -0.4 is 0 Å². The first-order valence-corrected chi connectivity index (χ1v) is 18.2. The number of fused-ring (bicyclic) bond motifs is 5. The number of carbonyl (C=O) groups excluding carboxylic acids is 2. The van der Waals surface area contributed by atoms with Crippen LogP contribution in [0.25, 0.3) is 12.2 Å². The summed E-state index contributed by atoms with van der Waals surface area (Å²) in [5.41, 5.74) is -1.97. The molecule has 1 saturated heterocycles. The number of allylic oxidation sites excluding steroid dienone is 6. The minimum Gasteiger partial charge on any atom is -0.457 e. The number of epoxide rings is 1. The van der Waals surface area contributed by atoms with Crippen molar-refractivity contribution in [3.63, 3.8) is 0 Å². The summed E-state index contributed by atoms with van der Waals surface area (Å²) < 4.78 is 28.3. The molecule has 0 amide bonds. The van der Waals surface area contributed by atoms with Gasteiger partial charge in [0.25, 0.3) is 0 Å². The molecule has 8 unspecified atom stereocenters. The lowest BCUT2D eigenvalue weighted by atomic mass is 9.79. The van der Waals surface area contributed by atoms with Gasteiger partial charge in [0.1, 0.15) is 49.2 Å². The van der Waals surface area contributed by atoms with Crippen LogP contribution in [0.5, 0.6) is 0 Å². The van der Waals surface area contributed by atoms with Crippen molar-refractivity contribution in [3.05, 3.63) is 121 Å². The number of oxazole rings is 2. The number of cyclic esters (lactones) is 2. The molecule has 296 valence electrons. The first-order valence-electron chi connectivity index (χ1n) is 18.2. The zero-order valence-corrected chi connectivity index (χ0v) is 32.0. The summed E-state index contributed by atoms with van der Waals surface area (Å²) >= 11 is 0. The fourth-order valence-corrected chi connectivity index (χ4v) is 5.52. The molecular weight excluding hydrogens is 708 g/mol. The van der Waals surface area contributed by atoms with Crippen molar-refractivity contribution in [1.82, 2.24) is 9.97 Å². The van der Waals surface area contributed by atoms with Gasteiger partial charge in [0.05, 0.1) is 12.2 Å². The van der Waals surface area contributed by atoms with Crippen molar-refractivity contribution in [2.24, 2.45) is 10.8 Å². The molecule has 55 heavy (non-hydrogen) atoms. The Morgan fingerprint density at radius 2 is 1.11 bits per heavy atom. The molecule has 13 nitrogen and oxygen atoms in total. The van der Waals surface area contributed by atoms with Crippen LogP contribution in [0, 0.1) is 10.8 Å². The van der Waals surface area contributed by atoms with E-state index in [-0.39, 0.29) is 48.2 Å². The van der Waals surface area contributed by atoms with Crippen molar-refractivity contribution < 1.29 is 53.1 Å². The fraction of sp³-hybridized carbons (Fsp3) is 0.429. The van der Waals surface area contributed by atoms with Gasteiger partial charge in [-0.05, 0) is 13.8 Å². The maximum Gasteiger partial charge on any atom is 0.360 e. The third-order valence-corrected chi connectivity index (χ3v) is 9.47. The highest BCUT2D eigenvalue weighted by Crippen LogP contribution is 2.34. The molecule has 0 saturated carbocycles. The molecule has 4 heterocycles. The van der Waals surface area contributed by atoms with Crippen LogP contribution in [0.15, 0.2) is 106 Å². The first kappa shape index (κ1) is 42.8. The third-order valence-electron chi connectivity index (χ3n) is 9.47. The molecule has 8 atom stereocenters. The SMILES string of the molecule is C/C=C/C(O)C(C)(C)C1C/C=C\C(O)C(O)/C=C\C=Cc2nc(co2)C(=O)OC(C(C)(C)C(O)/C=C/C)C/C=C\C2OC2/C=C\C=Cc2nc(co2)C(=O)O1. The topological polar surface area (TPSA) is 198 Å². The normalized spacial score (nSPS) is 28.5. The minimum atomic E-state index is -1.32. The Balaban J connectivity index is 1.59. The number of hydrogen-bond donors (Lipinski definition) is 4. The molecule has 0 aliphatic carbocycles. The van der Waals surface area contributed by atoms with Crippen LogP contribution in [-0.4, -0.2) is 91.2 Å². The van der Waals surface area contributed by atoms with Gasteiger partial charge < -0.3 is 43.5 Å². The summed E-state index contributed by atoms with van der Waals surface area (Å²) in [5, 5.41) is 42.9. The summed E-state index contributed by atoms with van der Waals surface area (Å²) in [7, 11) is 0. The highest BCUT2D eigenvalue weighted by atomic mass is 16.6. The number of nitrogens with zero attached hydrogens (tertiary/aromatic N) is 2. The van der Waals surface area contributed by atoms with E-state index in [0.717, 1.165) is 0 Å². The lowest BCUT2D eigenvalue weighted by Crippen LogP contribution is -2.42. The van der Waals surface area contributed by atoms with E-state index in [1.54, 1.807) is 90.2 Å². The molecule has 2 aliphatic heterocycles. The van der Waals surface area contributed by atoms with Gasteiger partial charge in [-0.15, -0.1) is 0 Å². The van der Waals surface area contributed by atoms with Crippen molar-refractivity contribution in [1.29, 1.82) is 0 Å². The van der Waals surface area contributed by atoms with Gasteiger partial charge in [0, 0.05) is 35.8 Å². The summed E-state index contributed by atoms with van der Waals surface area (Å²) in [4.78, 5) is 34.8. The molecule has 4 bridgehead atoms. The second-order valence-corrected chi connectivity index (χ2v) is 14.4. The Bertz CT molecular complexity index is 1820. The zero-order valence-electron chi connectivity index (χ0n) is 32.0. The Labute approximate surface area is 321 Å². The number of aliphatic hydroxyl groups excluding tert-OH is 4. The van der Waals surface area contributed by atoms with Gasteiger partial charge >= 0.3 is 11.9 Å². The van der Waals surface area contributed by atoms with Gasteiger partial charge in [-0.1, -0.05) is 113 Å². The maximum atomic E-state index is 13.2. The van der Waals surface area contributed by atoms with Gasteiger partial charge in [-0.2, -0.15) is 0 Å². The van der Waals surface area contributed by atoms with E-state index in [1.165, 1.54) is 42.9 Å². The lowest BCUT2D eigenvalue weighted by Gasteiger charge is -2.36. The Hall–Kier alpha value is -4.92. The second-order valence-electron chi connectivity index (χ2n) is 14.4. The molecule has 0 radical (unpaired) electrons. The van der Waals surface area contributed by atoms with Gasteiger partial charge in [0.15, 0.2) is 11.4 Å². The number of rotatable bonds is 6. The minimum absolute atomic E-state index is 0.0654. The van der Waals surface area contributed by atoms with Crippen LogP contribution in [-0.2, 0) is 14.2 Å². The average Bonchev–Trinajstić information content (AvgIpc) is 3.46.